The highest BCUT2D eigenvalue weighted by Crippen LogP contribution is 2.42. The van der Waals surface area contributed by atoms with Crippen LogP contribution in [0.1, 0.15) is 0 Å². The summed E-state index contributed by atoms with van der Waals surface area (Å²) in [5.41, 5.74) is 9.46. The molecule has 0 saturated carbocycles. The number of carbonyl (C=O) groups excluding carboxylic acids is 1. The van der Waals surface area contributed by atoms with Gasteiger partial charge >= 0.3 is 6.03 Å². The molecule has 0 heterocycles. The minimum atomic E-state index is -0.516. The van der Waals surface area contributed by atoms with Gasteiger partial charge in [-0.3, -0.25) is 4.90 Å². The third-order valence-corrected chi connectivity index (χ3v) is 5.44. The van der Waals surface area contributed by atoms with Crippen molar-refractivity contribution in [1.82, 2.24) is 0 Å². The summed E-state index contributed by atoms with van der Waals surface area (Å²) in [6.45, 7) is 0. The Balaban J connectivity index is 1.90. The predicted octanol–water partition coefficient (Wildman–Crippen LogP) is 6.88. The molecule has 3 heteroatoms. The third kappa shape index (κ3) is 2.97. The smallest absolute Gasteiger partial charge is 0.323 e. The summed E-state index contributed by atoms with van der Waals surface area (Å²) in [4.78, 5) is 14.2. The van der Waals surface area contributed by atoms with Gasteiger partial charge in [0, 0.05) is 5.56 Å². The Morgan fingerprint density at radius 3 is 1.93 bits per heavy atom. The van der Waals surface area contributed by atoms with Crippen LogP contribution >= 0.6 is 0 Å². The Hall–Kier alpha value is -4.11. The van der Waals surface area contributed by atoms with Gasteiger partial charge in [-0.25, -0.2) is 4.79 Å². The Bertz CT molecular complexity index is 1370. The number of fused-ring (bicyclic) bond motifs is 2. The normalized spacial score (nSPS) is 10.9. The van der Waals surface area contributed by atoms with Crippen LogP contribution in [0.3, 0.4) is 0 Å². The molecule has 5 aromatic carbocycles. The number of hydrogen-bond donors (Lipinski definition) is 1. The maximum atomic E-state index is 12.6. The molecule has 5 aromatic rings. The summed E-state index contributed by atoms with van der Waals surface area (Å²) in [6.07, 6.45) is 0. The first-order chi connectivity index (χ1) is 14.7. The highest BCUT2D eigenvalue weighted by Gasteiger charge is 2.22. The number of nitrogens with zero attached hydrogens (tertiary/aromatic N) is 1. The Kier molecular flexibility index (Phi) is 4.41. The SMILES string of the molecule is NC(=O)N(c1ccccc1)c1ccc2ccccc2c1-c1cccc2ccccc12. The average Bonchev–Trinajstić information content (AvgIpc) is 2.79. The summed E-state index contributed by atoms with van der Waals surface area (Å²) in [6, 6.07) is 35.8. The summed E-state index contributed by atoms with van der Waals surface area (Å²) in [7, 11) is 0. The fraction of sp³-hybridized carbons (Fsp3) is 0. The van der Waals surface area contributed by atoms with Crippen molar-refractivity contribution in [1.29, 1.82) is 0 Å². The van der Waals surface area contributed by atoms with Gasteiger partial charge < -0.3 is 5.73 Å². The third-order valence-electron chi connectivity index (χ3n) is 5.44. The lowest BCUT2D eigenvalue weighted by atomic mass is 9.92. The first-order valence-corrected chi connectivity index (χ1v) is 9.88. The number of nitrogens with two attached hydrogens (primary N) is 1. The fourth-order valence-electron chi connectivity index (χ4n) is 4.13. The second-order valence-corrected chi connectivity index (χ2v) is 7.22. The van der Waals surface area contributed by atoms with Gasteiger partial charge in [0.05, 0.1) is 11.4 Å². The zero-order valence-corrected chi connectivity index (χ0v) is 16.3. The molecule has 3 nitrogen and oxygen atoms in total. The van der Waals surface area contributed by atoms with Crippen LogP contribution < -0.4 is 10.6 Å². The first kappa shape index (κ1) is 18.0. The van der Waals surface area contributed by atoms with Crippen molar-refractivity contribution in [3.8, 4) is 11.1 Å². The highest BCUT2D eigenvalue weighted by atomic mass is 16.2. The van der Waals surface area contributed by atoms with E-state index in [1.54, 1.807) is 4.90 Å². The Labute approximate surface area is 175 Å². The number of carbonyl (C=O) groups is 1. The van der Waals surface area contributed by atoms with E-state index in [9.17, 15) is 4.79 Å². The molecule has 2 N–H and O–H groups in total. The molecule has 0 atom stereocenters. The van der Waals surface area contributed by atoms with Gasteiger partial charge in [0.15, 0.2) is 0 Å². The topological polar surface area (TPSA) is 46.3 Å². The van der Waals surface area contributed by atoms with E-state index in [1.807, 2.05) is 66.7 Å². The van der Waals surface area contributed by atoms with Crippen LogP contribution in [-0.4, -0.2) is 6.03 Å². The Morgan fingerprint density at radius 2 is 1.20 bits per heavy atom. The van der Waals surface area contributed by atoms with E-state index in [4.69, 9.17) is 5.73 Å². The van der Waals surface area contributed by atoms with E-state index in [0.29, 0.717) is 0 Å². The van der Waals surface area contributed by atoms with Crippen molar-refractivity contribution in [2.45, 2.75) is 0 Å². The fourth-order valence-corrected chi connectivity index (χ4v) is 4.13. The van der Waals surface area contributed by atoms with Crippen LogP contribution in [0.5, 0.6) is 0 Å². The molecule has 0 spiro atoms. The number of rotatable bonds is 3. The number of amides is 2. The second-order valence-electron chi connectivity index (χ2n) is 7.22. The molecule has 5 rings (SSSR count). The van der Waals surface area contributed by atoms with Gasteiger partial charge in [0.25, 0.3) is 0 Å². The lowest BCUT2D eigenvalue weighted by Gasteiger charge is -2.25. The van der Waals surface area contributed by atoms with Gasteiger partial charge in [-0.15, -0.1) is 0 Å². The lowest BCUT2D eigenvalue weighted by molar-refractivity contribution is 0.256. The van der Waals surface area contributed by atoms with Gasteiger partial charge in [-0.1, -0.05) is 91.0 Å². The van der Waals surface area contributed by atoms with Crippen LogP contribution in [0.4, 0.5) is 16.2 Å². The summed E-state index contributed by atoms with van der Waals surface area (Å²) >= 11 is 0. The van der Waals surface area contributed by atoms with E-state index >= 15 is 0 Å². The molecule has 0 aliphatic rings. The minimum absolute atomic E-state index is 0.516. The molecule has 0 aliphatic carbocycles. The number of urea groups is 1. The molecular formula is C27H20N2O. The zero-order chi connectivity index (χ0) is 20.5. The molecule has 0 unspecified atom stereocenters. The summed E-state index contributed by atoms with van der Waals surface area (Å²) < 4.78 is 0. The minimum Gasteiger partial charge on any atom is -0.351 e. The first-order valence-electron chi connectivity index (χ1n) is 9.88. The number of anilines is 2. The number of hydrogen-bond acceptors (Lipinski definition) is 1. The average molecular weight is 388 g/mol. The highest BCUT2D eigenvalue weighted by molar-refractivity contribution is 6.14. The van der Waals surface area contributed by atoms with Crippen molar-refractivity contribution in [3.05, 3.63) is 109 Å². The maximum absolute atomic E-state index is 12.6. The monoisotopic (exact) mass is 388 g/mol. The van der Waals surface area contributed by atoms with Crippen LogP contribution in [0.2, 0.25) is 0 Å². The van der Waals surface area contributed by atoms with Crippen molar-refractivity contribution in [2.75, 3.05) is 4.90 Å². The van der Waals surface area contributed by atoms with Crippen LogP contribution in [-0.2, 0) is 0 Å². The quantitative estimate of drug-likeness (QED) is 0.360. The van der Waals surface area contributed by atoms with E-state index < -0.39 is 6.03 Å². The largest absolute Gasteiger partial charge is 0.351 e. The van der Waals surface area contributed by atoms with Crippen molar-refractivity contribution in [2.24, 2.45) is 5.73 Å². The number of benzene rings is 5. The molecule has 0 aromatic heterocycles. The molecule has 0 fully saturated rings. The second kappa shape index (κ2) is 7.37. The van der Waals surface area contributed by atoms with Crippen LogP contribution in [0.25, 0.3) is 32.7 Å². The molecule has 30 heavy (non-hydrogen) atoms. The lowest BCUT2D eigenvalue weighted by Crippen LogP contribution is -2.31. The molecule has 0 saturated heterocycles. The molecule has 2 amide bonds. The molecular weight excluding hydrogens is 368 g/mol. The van der Waals surface area contributed by atoms with Crippen molar-refractivity contribution < 1.29 is 4.79 Å². The molecule has 0 radical (unpaired) electrons. The van der Waals surface area contributed by atoms with E-state index in [0.717, 1.165) is 44.0 Å². The van der Waals surface area contributed by atoms with Crippen LogP contribution in [0.15, 0.2) is 109 Å². The predicted molar refractivity (Wildman–Crippen MR) is 125 cm³/mol. The maximum Gasteiger partial charge on any atom is 0.323 e. The van der Waals surface area contributed by atoms with Gasteiger partial charge in [0.1, 0.15) is 0 Å². The summed E-state index contributed by atoms with van der Waals surface area (Å²) in [5.74, 6) is 0. The van der Waals surface area contributed by atoms with Crippen molar-refractivity contribution >= 4 is 39.0 Å². The Morgan fingerprint density at radius 1 is 0.600 bits per heavy atom. The van der Waals surface area contributed by atoms with E-state index in [-0.39, 0.29) is 0 Å². The number of primary amides is 1. The van der Waals surface area contributed by atoms with E-state index in [1.165, 1.54) is 0 Å². The molecule has 0 bridgehead atoms. The van der Waals surface area contributed by atoms with Crippen LogP contribution in [0, 0.1) is 0 Å². The number of para-hydroxylation sites is 1. The van der Waals surface area contributed by atoms with Crippen molar-refractivity contribution in [3.63, 3.8) is 0 Å². The standard InChI is InChI=1S/C27H20N2O/c28-27(30)29(21-12-2-1-3-13-21)25-18-17-20-10-5-7-15-23(20)26(25)24-16-8-11-19-9-4-6-14-22(19)24/h1-18H,(H2,28,30). The van der Waals surface area contributed by atoms with Gasteiger partial charge in [-0.05, 0) is 45.3 Å². The molecule has 0 aliphatic heterocycles. The summed E-state index contributed by atoms with van der Waals surface area (Å²) in [5, 5.41) is 4.48. The van der Waals surface area contributed by atoms with E-state index in [2.05, 4.69) is 42.5 Å². The van der Waals surface area contributed by atoms with Gasteiger partial charge in [0.2, 0.25) is 0 Å². The zero-order valence-electron chi connectivity index (χ0n) is 16.3. The van der Waals surface area contributed by atoms with Gasteiger partial charge in [-0.2, -0.15) is 0 Å². The molecule has 144 valence electrons.